The molecule has 3 atom stereocenters. The average Bonchev–Trinajstić information content (AvgIpc) is 3.77. The van der Waals surface area contributed by atoms with Crippen LogP contribution in [0.1, 0.15) is 68.3 Å². The number of amides is 4. The number of nitrogens with zero attached hydrogens (tertiary/aromatic N) is 2. The molecule has 1 aromatic carbocycles. The molecule has 44 heavy (non-hydrogen) atoms. The zero-order valence-electron chi connectivity index (χ0n) is 26.3. The van der Waals surface area contributed by atoms with Crippen LogP contribution in [0, 0.1) is 12.8 Å². The van der Waals surface area contributed by atoms with Gasteiger partial charge in [0.1, 0.15) is 12.0 Å². The molecule has 0 radical (unpaired) electrons. The molecule has 4 amide bonds. The highest BCUT2D eigenvalue weighted by molar-refractivity contribution is 5.92. The van der Waals surface area contributed by atoms with Gasteiger partial charge in [-0.2, -0.15) is 0 Å². The molecular formula is C32H48N6O6. The number of aromatic nitrogens is 1. The highest BCUT2D eigenvalue weighted by Crippen LogP contribution is 2.15. The quantitative estimate of drug-likeness (QED) is 0.161. The lowest BCUT2D eigenvalue weighted by Crippen LogP contribution is -2.46. The Labute approximate surface area is 260 Å². The van der Waals surface area contributed by atoms with E-state index in [0.29, 0.717) is 30.6 Å². The number of nitrogens with one attached hydrogen (secondary N) is 4. The van der Waals surface area contributed by atoms with E-state index in [4.69, 9.17) is 9.32 Å². The number of allylic oxidation sites excluding steroid dienone is 1. The molecule has 2 aliphatic rings. The van der Waals surface area contributed by atoms with E-state index in [1.54, 1.807) is 17.9 Å². The lowest BCUT2D eigenvalue weighted by molar-refractivity contribution is -0.123. The van der Waals surface area contributed by atoms with Crippen molar-refractivity contribution in [2.24, 2.45) is 5.92 Å². The van der Waals surface area contributed by atoms with Crippen LogP contribution in [0.4, 0.5) is 0 Å². The maximum Gasteiger partial charge on any atom is 0.273 e. The van der Waals surface area contributed by atoms with Gasteiger partial charge in [0, 0.05) is 43.7 Å². The largest absolute Gasteiger partial charge is 0.361 e. The Morgan fingerprint density at radius 2 is 1.82 bits per heavy atom. The average molecular weight is 613 g/mol. The van der Waals surface area contributed by atoms with Crippen molar-refractivity contribution in [1.29, 1.82) is 0 Å². The first-order valence-corrected chi connectivity index (χ1v) is 14.9. The molecule has 3 unspecified atom stereocenters. The first-order chi connectivity index (χ1) is 21.1. The van der Waals surface area contributed by atoms with Gasteiger partial charge in [-0.1, -0.05) is 42.1 Å². The summed E-state index contributed by atoms with van der Waals surface area (Å²) < 4.78 is 4.87. The van der Waals surface area contributed by atoms with Gasteiger partial charge in [-0.3, -0.25) is 29.3 Å². The molecule has 3 heterocycles. The summed E-state index contributed by atoms with van der Waals surface area (Å²) in [5.74, 6) is 0.554. The number of carbonyl (C=O) groups is 5. The number of aryl methyl sites for hydroxylation is 1. The van der Waals surface area contributed by atoms with Crippen LogP contribution in [0.25, 0.3) is 0 Å². The van der Waals surface area contributed by atoms with Gasteiger partial charge in [0.2, 0.25) is 18.7 Å². The zero-order valence-corrected chi connectivity index (χ0v) is 26.3. The van der Waals surface area contributed by atoms with Crippen LogP contribution < -0.4 is 21.3 Å². The highest BCUT2D eigenvalue weighted by atomic mass is 16.5. The third-order valence-electron chi connectivity index (χ3n) is 6.50. The number of hydrogen-bond acceptors (Lipinski definition) is 8. The SMILES string of the molecule is C=CC=O.CC(C)NC(CC1CCNC1=O)NC=O.Cc1cc(C(=O)NC(C)Cc2ccccc2)no1.O=CN1CCCC1. The van der Waals surface area contributed by atoms with Crippen molar-refractivity contribution in [2.45, 2.75) is 78.0 Å². The molecule has 2 aromatic rings. The van der Waals surface area contributed by atoms with Gasteiger partial charge in [-0.15, -0.1) is 0 Å². The highest BCUT2D eigenvalue weighted by Gasteiger charge is 2.27. The van der Waals surface area contributed by atoms with Crippen molar-refractivity contribution in [3.05, 3.63) is 66.1 Å². The van der Waals surface area contributed by atoms with Crippen molar-refractivity contribution >= 4 is 30.9 Å². The van der Waals surface area contributed by atoms with Crippen LogP contribution in [0.3, 0.4) is 0 Å². The minimum absolute atomic E-state index is 0.0219. The van der Waals surface area contributed by atoms with Gasteiger partial charge in [0.25, 0.3) is 5.91 Å². The van der Waals surface area contributed by atoms with E-state index in [1.165, 1.54) is 24.5 Å². The third-order valence-corrected chi connectivity index (χ3v) is 6.50. The Morgan fingerprint density at radius 3 is 2.27 bits per heavy atom. The maximum atomic E-state index is 11.8. The molecule has 2 saturated heterocycles. The number of rotatable bonds is 12. The van der Waals surface area contributed by atoms with E-state index in [-0.39, 0.29) is 36.0 Å². The monoisotopic (exact) mass is 612 g/mol. The lowest BCUT2D eigenvalue weighted by atomic mass is 10.0. The van der Waals surface area contributed by atoms with Crippen LogP contribution in [0.2, 0.25) is 0 Å². The first-order valence-electron chi connectivity index (χ1n) is 14.9. The van der Waals surface area contributed by atoms with E-state index >= 15 is 0 Å². The van der Waals surface area contributed by atoms with E-state index in [1.807, 2.05) is 51.1 Å². The summed E-state index contributed by atoms with van der Waals surface area (Å²) in [7, 11) is 0. The summed E-state index contributed by atoms with van der Waals surface area (Å²) in [6.45, 7) is 13.6. The fourth-order valence-electron chi connectivity index (χ4n) is 4.46. The molecule has 4 rings (SSSR count). The molecule has 242 valence electrons. The maximum absolute atomic E-state index is 11.8. The van der Waals surface area contributed by atoms with Crippen molar-refractivity contribution in [2.75, 3.05) is 19.6 Å². The third kappa shape index (κ3) is 16.4. The minimum Gasteiger partial charge on any atom is -0.361 e. The smallest absolute Gasteiger partial charge is 0.273 e. The molecule has 2 fully saturated rings. The normalized spacial score (nSPS) is 16.3. The van der Waals surface area contributed by atoms with Crippen LogP contribution in [0.15, 0.2) is 53.6 Å². The molecular weight excluding hydrogens is 564 g/mol. The number of likely N-dealkylation sites (tertiary alicyclic amines) is 1. The fourth-order valence-corrected chi connectivity index (χ4v) is 4.46. The Bertz CT molecular complexity index is 1130. The summed E-state index contributed by atoms with van der Waals surface area (Å²) in [6.07, 6.45) is 8.01. The standard InChI is InChI=1S/C14H16N2O2.C10H19N3O2.C5H9NO.C3H4O/c1-10(8-12-6-4-3-5-7-12)15-14(17)13-9-11(2)18-16-13;1-7(2)13-9(12-6-14)5-8-3-4-11-10(8)15;7-5-6-3-1-2-4-6;1-2-3-4/h3-7,9-10H,8H2,1-2H3,(H,15,17);6-9,13H,3-5H2,1-2H3,(H,11,15)(H,12,14);5H,1-4H2;2-3H,1H2. The molecule has 12 nitrogen and oxygen atoms in total. The predicted molar refractivity (Wildman–Crippen MR) is 168 cm³/mol. The van der Waals surface area contributed by atoms with Crippen molar-refractivity contribution in [3.8, 4) is 0 Å². The lowest BCUT2D eigenvalue weighted by Gasteiger charge is -2.22. The second-order valence-corrected chi connectivity index (χ2v) is 10.8. The minimum atomic E-state index is -0.199. The van der Waals surface area contributed by atoms with Gasteiger partial charge in [-0.25, -0.2) is 0 Å². The van der Waals surface area contributed by atoms with Crippen LogP contribution in [-0.4, -0.2) is 78.9 Å². The molecule has 1 aromatic heterocycles. The summed E-state index contributed by atoms with van der Waals surface area (Å²) in [6, 6.07) is 12.0. The Kier molecular flexibility index (Phi) is 19.1. The van der Waals surface area contributed by atoms with E-state index < -0.39 is 0 Å². The zero-order chi connectivity index (χ0) is 32.7. The fraction of sp³-hybridized carbons (Fsp3) is 0.500. The molecule has 0 bridgehead atoms. The summed E-state index contributed by atoms with van der Waals surface area (Å²) in [5, 5.41) is 15.3. The van der Waals surface area contributed by atoms with Gasteiger partial charge >= 0.3 is 0 Å². The number of benzene rings is 1. The topological polar surface area (TPSA) is 163 Å². The summed E-state index contributed by atoms with van der Waals surface area (Å²) in [4.78, 5) is 54.4. The number of aldehydes is 1. The predicted octanol–water partition coefficient (Wildman–Crippen LogP) is 2.54. The van der Waals surface area contributed by atoms with E-state index in [0.717, 1.165) is 38.9 Å². The molecule has 0 aliphatic carbocycles. The Hall–Kier alpha value is -4.32. The van der Waals surface area contributed by atoms with Gasteiger partial charge in [0.05, 0.1) is 6.17 Å². The molecule has 0 spiro atoms. The van der Waals surface area contributed by atoms with Crippen molar-refractivity contribution < 1.29 is 28.5 Å². The number of carbonyl (C=O) groups excluding carboxylic acids is 5. The second-order valence-electron chi connectivity index (χ2n) is 10.8. The summed E-state index contributed by atoms with van der Waals surface area (Å²) in [5.41, 5.74) is 1.52. The molecule has 2 aliphatic heterocycles. The first kappa shape index (κ1) is 37.7. The summed E-state index contributed by atoms with van der Waals surface area (Å²) >= 11 is 0. The Morgan fingerprint density at radius 1 is 1.16 bits per heavy atom. The van der Waals surface area contributed by atoms with Crippen molar-refractivity contribution in [3.63, 3.8) is 0 Å². The molecule has 0 saturated carbocycles. The van der Waals surface area contributed by atoms with Crippen LogP contribution >= 0.6 is 0 Å². The second kappa shape index (κ2) is 22.3. The Balaban J connectivity index is 0.000000333. The van der Waals surface area contributed by atoms with Crippen molar-refractivity contribution in [1.82, 2.24) is 31.3 Å². The van der Waals surface area contributed by atoms with Gasteiger partial charge < -0.3 is 25.4 Å². The van der Waals surface area contributed by atoms with Gasteiger partial charge in [0.15, 0.2) is 5.69 Å². The van der Waals surface area contributed by atoms with Crippen LogP contribution in [0.5, 0.6) is 0 Å². The molecule has 12 heteroatoms. The van der Waals surface area contributed by atoms with Gasteiger partial charge in [-0.05, 0) is 71.4 Å². The molecule has 4 N–H and O–H groups in total. The van der Waals surface area contributed by atoms with Crippen LogP contribution in [-0.2, 0) is 25.6 Å². The van der Waals surface area contributed by atoms with E-state index in [9.17, 15) is 19.2 Å². The van der Waals surface area contributed by atoms with E-state index in [2.05, 4.69) is 33.0 Å². The number of hydrogen-bond donors (Lipinski definition) is 4.